The molecule has 1 aromatic carbocycles. The van der Waals surface area contributed by atoms with Crippen LogP contribution in [0, 0.1) is 5.82 Å². The predicted molar refractivity (Wildman–Crippen MR) is 61.2 cm³/mol. The average Bonchev–Trinajstić information content (AvgIpc) is 2.26. The molecule has 2 unspecified atom stereocenters. The number of hydrogen-bond donors (Lipinski definition) is 3. The lowest BCUT2D eigenvalue weighted by molar-refractivity contribution is -0.121. The Hall–Kier alpha value is -1.79. The number of halogens is 1. The number of ketones is 1. The van der Waals surface area contributed by atoms with Crippen molar-refractivity contribution in [1.29, 1.82) is 0 Å². The zero-order chi connectivity index (χ0) is 13.9. The predicted octanol–water partition coefficient (Wildman–Crippen LogP) is 0.298. The lowest BCUT2D eigenvalue weighted by Crippen LogP contribution is -2.26. The topological polar surface area (TPSA) is 101 Å². The highest BCUT2D eigenvalue weighted by Gasteiger charge is 2.24. The number of benzene rings is 1. The normalized spacial score (nSPS) is 14.0. The Kier molecular flexibility index (Phi) is 4.52. The number of Topliss-reactive ketones (excluding diaryl/α,β-unsaturated/α-hetero) is 1. The van der Waals surface area contributed by atoms with Crippen LogP contribution in [0.15, 0.2) is 18.2 Å². The summed E-state index contributed by atoms with van der Waals surface area (Å²) in [5, 5.41) is 19.4. The van der Waals surface area contributed by atoms with Crippen molar-refractivity contribution < 1.29 is 24.2 Å². The van der Waals surface area contributed by atoms with Gasteiger partial charge in [-0.15, -0.1) is 0 Å². The van der Waals surface area contributed by atoms with Gasteiger partial charge in [0.15, 0.2) is 5.78 Å². The quantitative estimate of drug-likeness (QED) is 0.658. The monoisotopic (exact) mass is 255 g/mol. The van der Waals surface area contributed by atoms with E-state index in [1.165, 1.54) is 13.0 Å². The average molecular weight is 255 g/mol. The number of nitrogens with two attached hydrogens (primary N) is 1. The van der Waals surface area contributed by atoms with Crippen molar-refractivity contribution >= 4 is 11.7 Å². The summed E-state index contributed by atoms with van der Waals surface area (Å²) >= 11 is 0. The van der Waals surface area contributed by atoms with E-state index in [4.69, 9.17) is 5.73 Å². The van der Waals surface area contributed by atoms with Gasteiger partial charge in [0.05, 0.1) is 12.5 Å². The number of carbonyl (C=O) groups is 2. The molecule has 2 atom stereocenters. The van der Waals surface area contributed by atoms with E-state index in [0.29, 0.717) is 0 Å². The van der Waals surface area contributed by atoms with E-state index in [-0.39, 0.29) is 11.1 Å². The second-order valence-electron chi connectivity index (χ2n) is 3.97. The van der Waals surface area contributed by atoms with Gasteiger partial charge in [-0.3, -0.25) is 9.59 Å². The molecule has 0 aliphatic heterocycles. The summed E-state index contributed by atoms with van der Waals surface area (Å²) in [4.78, 5) is 22.0. The van der Waals surface area contributed by atoms with E-state index in [2.05, 4.69) is 0 Å². The lowest BCUT2D eigenvalue weighted by atomic mass is 9.95. The minimum Gasteiger partial charge on any atom is -0.390 e. The van der Waals surface area contributed by atoms with E-state index in [0.717, 1.165) is 12.1 Å². The minimum absolute atomic E-state index is 0.0361. The minimum atomic E-state index is -1.48. The second-order valence-corrected chi connectivity index (χ2v) is 3.97. The molecule has 18 heavy (non-hydrogen) atoms. The maximum absolute atomic E-state index is 13.0. The first-order valence-corrected chi connectivity index (χ1v) is 5.27. The molecule has 0 spiro atoms. The second kappa shape index (κ2) is 5.70. The van der Waals surface area contributed by atoms with Crippen LogP contribution in [0.3, 0.4) is 0 Å². The Morgan fingerprint density at radius 1 is 1.39 bits per heavy atom. The third-order valence-corrected chi connectivity index (χ3v) is 2.49. The molecule has 0 bridgehead atoms. The first kappa shape index (κ1) is 14.3. The molecule has 1 aromatic rings. The van der Waals surface area contributed by atoms with Crippen molar-refractivity contribution in [2.75, 3.05) is 0 Å². The Bertz CT molecular complexity index is 475. The van der Waals surface area contributed by atoms with Crippen LogP contribution in [-0.4, -0.2) is 28.0 Å². The highest BCUT2D eigenvalue weighted by atomic mass is 19.1. The molecule has 6 heteroatoms. The molecule has 98 valence electrons. The summed E-state index contributed by atoms with van der Waals surface area (Å²) in [6.45, 7) is 1.21. The van der Waals surface area contributed by atoms with Crippen LogP contribution in [0.2, 0.25) is 0 Å². The molecule has 4 N–H and O–H groups in total. The summed E-state index contributed by atoms with van der Waals surface area (Å²) < 4.78 is 13.0. The van der Waals surface area contributed by atoms with Crippen molar-refractivity contribution in [2.45, 2.75) is 25.6 Å². The van der Waals surface area contributed by atoms with E-state index >= 15 is 0 Å². The smallest absolute Gasteiger partial charge is 0.220 e. The largest absolute Gasteiger partial charge is 0.390 e. The van der Waals surface area contributed by atoms with Gasteiger partial charge in [0.2, 0.25) is 5.91 Å². The molecule has 0 heterocycles. The van der Waals surface area contributed by atoms with Crippen LogP contribution in [0.4, 0.5) is 4.39 Å². The molecule has 0 aliphatic carbocycles. The Balaban J connectivity index is 3.08. The lowest BCUT2D eigenvalue weighted by Gasteiger charge is -2.19. The fourth-order valence-corrected chi connectivity index (χ4v) is 1.62. The van der Waals surface area contributed by atoms with E-state index in [1.807, 2.05) is 0 Å². The molecule has 0 aromatic heterocycles. The third kappa shape index (κ3) is 3.35. The van der Waals surface area contributed by atoms with Crippen LogP contribution in [0.5, 0.6) is 0 Å². The third-order valence-electron chi connectivity index (χ3n) is 2.49. The van der Waals surface area contributed by atoms with Crippen molar-refractivity contribution in [3.63, 3.8) is 0 Å². The first-order valence-electron chi connectivity index (χ1n) is 5.27. The number of aliphatic hydroxyl groups is 2. The molecule has 0 radical (unpaired) electrons. The van der Waals surface area contributed by atoms with Gasteiger partial charge in [-0.2, -0.15) is 0 Å². The van der Waals surface area contributed by atoms with Gasteiger partial charge >= 0.3 is 0 Å². The van der Waals surface area contributed by atoms with Crippen LogP contribution in [-0.2, 0) is 4.79 Å². The van der Waals surface area contributed by atoms with Gasteiger partial charge in [-0.05, 0) is 24.6 Å². The molecule has 1 amide bonds. The molecule has 5 nitrogen and oxygen atoms in total. The zero-order valence-corrected chi connectivity index (χ0v) is 9.76. The van der Waals surface area contributed by atoms with Crippen LogP contribution >= 0.6 is 0 Å². The Labute approximate surface area is 103 Å². The van der Waals surface area contributed by atoms with Gasteiger partial charge in [-0.1, -0.05) is 6.07 Å². The molecule has 0 saturated carbocycles. The first-order chi connectivity index (χ1) is 8.32. The fraction of sp³-hybridized carbons (Fsp3) is 0.333. The van der Waals surface area contributed by atoms with Crippen LogP contribution in [0.1, 0.15) is 35.4 Å². The Morgan fingerprint density at radius 2 is 2.00 bits per heavy atom. The summed E-state index contributed by atoms with van der Waals surface area (Å²) in [5.74, 6) is -1.86. The number of hydrogen-bond acceptors (Lipinski definition) is 4. The fourth-order valence-electron chi connectivity index (χ4n) is 1.62. The molecular weight excluding hydrogens is 241 g/mol. The van der Waals surface area contributed by atoms with Gasteiger partial charge in [0, 0.05) is 5.56 Å². The van der Waals surface area contributed by atoms with Crippen LogP contribution < -0.4 is 5.73 Å². The Morgan fingerprint density at radius 3 is 2.50 bits per heavy atom. The summed E-state index contributed by atoms with van der Waals surface area (Å²) in [7, 11) is 0. The number of rotatable bonds is 5. The van der Waals surface area contributed by atoms with Gasteiger partial charge in [0.1, 0.15) is 11.9 Å². The van der Waals surface area contributed by atoms with Crippen molar-refractivity contribution in [1.82, 2.24) is 0 Å². The molecule has 0 saturated heterocycles. The highest BCUT2D eigenvalue weighted by molar-refractivity contribution is 5.95. The van der Waals surface area contributed by atoms with Crippen molar-refractivity contribution in [3.8, 4) is 0 Å². The zero-order valence-electron chi connectivity index (χ0n) is 9.76. The van der Waals surface area contributed by atoms with Crippen molar-refractivity contribution in [2.24, 2.45) is 5.73 Å². The van der Waals surface area contributed by atoms with E-state index in [9.17, 15) is 24.2 Å². The molecule has 0 aliphatic rings. The van der Waals surface area contributed by atoms with Gasteiger partial charge in [-0.25, -0.2) is 4.39 Å². The summed E-state index contributed by atoms with van der Waals surface area (Å²) in [6.07, 6.45) is -3.36. The number of primary amides is 1. The maximum atomic E-state index is 13.0. The molecule has 0 fully saturated rings. The van der Waals surface area contributed by atoms with Crippen molar-refractivity contribution in [3.05, 3.63) is 35.1 Å². The van der Waals surface area contributed by atoms with Crippen LogP contribution in [0.25, 0.3) is 0 Å². The highest BCUT2D eigenvalue weighted by Crippen LogP contribution is 2.24. The van der Waals surface area contributed by atoms with E-state index in [1.54, 1.807) is 0 Å². The van der Waals surface area contributed by atoms with Gasteiger partial charge in [0.25, 0.3) is 0 Å². The number of carbonyl (C=O) groups excluding carboxylic acids is 2. The summed E-state index contributed by atoms with van der Waals surface area (Å²) in [6, 6.07) is 3.22. The summed E-state index contributed by atoms with van der Waals surface area (Å²) in [5.41, 5.74) is 4.93. The van der Waals surface area contributed by atoms with Gasteiger partial charge < -0.3 is 15.9 Å². The van der Waals surface area contributed by atoms with E-state index < -0.39 is 36.1 Å². The standard InChI is InChI=1S/C12H14FNO4/c1-6(15)9-4-7(13)2-3-8(9)12(18)10(16)5-11(14)17/h2-4,10,12,16,18H,5H2,1H3,(H2,14,17). The SMILES string of the molecule is CC(=O)c1cc(F)ccc1C(O)C(O)CC(N)=O. The number of aliphatic hydroxyl groups excluding tert-OH is 2. The molecular formula is C12H14FNO4. The molecule has 1 rings (SSSR count). The number of amides is 1. The maximum Gasteiger partial charge on any atom is 0.220 e.